The Kier molecular flexibility index (Phi) is 4.66. The fraction of sp³-hybridized carbons (Fsp3) is 0.600. The Morgan fingerprint density at radius 2 is 1.95 bits per heavy atom. The second-order valence-electron chi connectivity index (χ2n) is 5.24. The topological polar surface area (TPSA) is 47.7 Å². The number of rotatable bonds is 7. The van der Waals surface area contributed by atoms with E-state index < -0.39 is 0 Å². The van der Waals surface area contributed by atoms with Crippen molar-refractivity contribution in [2.75, 3.05) is 27.8 Å². The zero-order valence-electron chi connectivity index (χ0n) is 12.1. The van der Waals surface area contributed by atoms with Gasteiger partial charge in [0.1, 0.15) is 0 Å². The van der Waals surface area contributed by atoms with E-state index in [2.05, 4.69) is 18.0 Å². The highest BCUT2D eigenvalue weighted by Crippen LogP contribution is 2.35. The van der Waals surface area contributed by atoms with Crippen LogP contribution in [0.4, 0.5) is 0 Å². The third-order valence-electron chi connectivity index (χ3n) is 3.85. The van der Waals surface area contributed by atoms with Gasteiger partial charge in [0, 0.05) is 19.1 Å². The van der Waals surface area contributed by atoms with Gasteiger partial charge in [-0.15, -0.1) is 0 Å². The first-order valence-corrected chi connectivity index (χ1v) is 6.80. The van der Waals surface area contributed by atoms with Crippen LogP contribution in [0.5, 0.6) is 11.5 Å². The lowest BCUT2D eigenvalue weighted by Gasteiger charge is -2.27. The van der Waals surface area contributed by atoms with Gasteiger partial charge in [-0.05, 0) is 43.5 Å². The predicted octanol–water partition coefficient (Wildman–Crippen LogP) is 1.87. The van der Waals surface area contributed by atoms with E-state index in [9.17, 15) is 0 Å². The van der Waals surface area contributed by atoms with Crippen LogP contribution in [-0.2, 0) is 6.54 Å². The predicted molar refractivity (Wildman–Crippen MR) is 76.6 cm³/mol. The Hall–Kier alpha value is -1.26. The minimum atomic E-state index is 0.494. The molecule has 0 bridgehead atoms. The van der Waals surface area contributed by atoms with Crippen molar-refractivity contribution in [2.45, 2.75) is 25.4 Å². The molecule has 0 radical (unpaired) electrons. The molecule has 1 saturated carbocycles. The summed E-state index contributed by atoms with van der Waals surface area (Å²) in [5.74, 6) is 2.34. The highest BCUT2D eigenvalue weighted by molar-refractivity contribution is 5.42. The van der Waals surface area contributed by atoms with Crippen molar-refractivity contribution in [1.82, 2.24) is 4.90 Å². The summed E-state index contributed by atoms with van der Waals surface area (Å²) in [6.45, 7) is 1.62. The number of nitrogens with zero attached hydrogens (tertiary/aromatic N) is 1. The summed E-state index contributed by atoms with van der Waals surface area (Å²) in [6.07, 6.45) is 2.64. The van der Waals surface area contributed by atoms with Gasteiger partial charge >= 0.3 is 0 Å². The molecule has 0 amide bonds. The van der Waals surface area contributed by atoms with Crippen LogP contribution < -0.4 is 15.2 Å². The summed E-state index contributed by atoms with van der Waals surface area (Å²) in [5.41, 5.74) is 7.11. The third kappa shape index (κ3) is 3.39. The number of hydrogen-bond donors (Lipinski definition) is 1. The quantitative estimate of drug-likeness (QED) is 0.817. The average molecular weight is 264 g/mol. The molecule has 2 N–H and O–H groups in total. The maximum atomic E-state index is 5.88. The molecule has 0 aromatic heterocycles. The van der Waals surface area contributed by atoms with Crippen LogP contribution in [-0.4, -0.2) is 38.8 Å². The van der Waals surface area contributed by atoms with Crippen LogP contribution in [0, 0.1) is 5.92 Å². The molecule has 1 aliphatic carbocycles. The SMILES string of the molecule is COc1ccc(CN(C)C(CN)C2CC2)cc1OC. The fourth-order valence-corrected chi connectivity index (χ4v) is 2.60. The molecular weight excluding hydrogens is 240 g/mol. The Balaban J connectivity index is 2.05. The standard InChI is InChI=1S/C15H24N2O2/c1-17(13(9-16)12-5-6-12)10-11-4-7-14(18-2)15(8-11)19-3/h4,7-8,12-13H,5-6,9-10,16H2,1-3H3. The van der Waals surface area contributed by atoms with Gasteiger partial charge in [-0.25, -0.2) is 0 Å². The molecule has 1 unspecified atom stereocenters. The number of benzene rings is 1. The Labute approximate surface area is 115 Å². The molecule has 4 nitrogen and oxygen atoms in total. The highest BCUT2D eigenvalue weighted by atomic mass is 16.5. The summed E-state index contributed by atoms with van der Waals surface area (Å²) in [6, 6.07) is 6.57. The van der Waals surface area contributed by atoms with E-state index in [1.165, 1.54) is 18.4 Å². The second-order valence-corrected chi connectivity index (χ2v) is 5.24. The van der Waals surface area contributed by atoms with Crippen molar-refractivity contribution in [1.29, 1.82) is 0 Å². The number of hydrogen-bond acceptors (Lipinski definition) is 4. The number of methoxy groups -OCH3 is 2. The van der Waals surface area contributed by atoms with Crippen molar-refractivity contribution in [3.05, 3.63) is 23.8 Å². The van der Waals surface area contributed by atoms with E-state index in [4.69, 9.17) is 15.2 Å². The van der Waals surface area contributed by atoms with Crippen molar-refractivity contribution >= 4 is 0 Å². The van der Waals surface area contributed by atoms with Gasteiger partial charge in [0.05, 0.1) is 14.2 Å². The molecule has 4 heteroatoms. The smallest absolute Gasteiger partial charge is 0.161 e. The lowest BCUT2D eigenvalue weighted by atomic mass is 10.1. The first kappa shape index (κ1) is 14.2. The Morgan fingerprint density at radius 1 is 1.26 bits per heavy atom. The lowest BCUT2D eigenvalue weighted by Crippen LogP contribution is -2.39. The van der Waals surface area contributed by atoms with Crippen LogP contribution in [0.25, 0.3) is 0 Å². The fourth-order valence-electron chi connectivity index (χ4n) is 2.60. The maximum absolute atomic E-state index is 5.88. The van der Waals surface area contributed by atoms with E-state index in [1.807, 2.05) is 12.1 Å². The maximum Gasteiger partial charge on any atom is 0.161 e. The van der Waals surface area contributed by atoms with E-state index in [1.54, 1.807) is 14.2 Å². The molecule has 1 atom stereocenters. The molecule has 0 heterocycles. The van der Waals surface area contributed by atoms with Gasteiger partial charge in [-0.3, -0.25) is 4.90 Å². The van der Waals surface area contributed by atoms with E-state index >= 15 is 0 Å². The summed E-state index contributed by atoms with van der Waals surface area (Å²) < 4.78 is 10.6. The normalized spacial score (nSPS) is 16.5. The second kappa shape index (κ2) is 6.26. The van der Waals surface area contributed by atoms with Crippen molar-refractivity contribution in [3.63, 3.8) is 0 Å². The monoisotopic (exact) mass is 264 g/mol. The third-order valence-corrected chi connectivity index (χ3v) is 3.85. The minimum Gasteiger partial charge on any atom is -0.493 e. The van der Waals surface area contributed by atoms with Gasteiger partial charge in [0.25, 0.3) is 0 Å². The van der Waals surface area contributed by atoms with Gasteiger partial charge < -0.3 is 15.2 Å². The summed E-state index contributed by atoms with van der Waals surface area (Å²) in [7, 11) is 5.46. The molecule has 19 heavy (non-hydrogen) atoms. The largest absolute Gasteiger partial charge is 0.493 e. The summed E-state index contributed by atoms with van der Waals surface area (Å²) in [4.78, 5) is 2.35. The minimum absolute atomic E-state index is 0.494. The molecule has 1 aromatic rings. The summed E-state index contributed by atoms with van der Waals surface area (Å²) >= 11 is 0. The first-order chi connectivity index (χ1) is 9.19. The van der Waals surface area contributed by atoms with E-state index in [-0.39, 0.29) is 0 Å². The molecular formula is C15H24N2O2. The lowest BCUT2D eigenvalue weighted by molar-refractivity contribution is 0.215. The van der Waals surface area contributed by atoms with Gasteiger partial charge in [-0.2, -0.15) is 0 Å². The molecule has 0 saturated heterocycles. The zero-order valence-corrected chi connectivity index (χ0v) is 12.1. The molecule has 106 valence electrons. The number of likely N-dealkylation sites (N-methyl/N-ethyl adjacent to an activating group) is 1. The highest BCUT2D eigenvalue weighted by Gasteiger charge is 2.32. The molecule has 1 aliphatic rings. The Morgan fingerprint density at radius 3 is 2.47 bits per heavy atom. The van der Waals surface area contributed by atoms with Gasteiger partial charge in [0.15, 0.2) is 11.5 Å². The van der Waals surface area contributed by atoms with Crippen molar-refractivity contribution < 1.29 is 9.47 Å². The van der Waals surface area contributed by atoms with Crippen LogP contribution in [0.3, 0.4) is 0 Å². The van der Waals surface area contributed by atoms with Gasteiger partial charge in [0.2, 0.25) is 0 Å². The molecule has 1 aromatic carbocycles. The Bertz CT molecular complexity index is 419. The molecule has 2 rings (SSSR count). The van der Waals surface area contributed by atoms with E-state index in [0.29, 0.717) is 6.04 Å². The first-order valence-electron chi connectivity index (χ1n) is 6.80. The van der Waals surface area contributed by atoms with Crippen molar-refractivity contribution in [3.8, 4) is 11.5 Å². The summed E-state index contributed by atoms with van der Waals surface area (Å²) in [5, 5.41) is 0. The number of ether oxygens (including phenoxy) is 2. The molecule has 0 aliphatic heterocycles. The zero-order chi connectivity index (χ0) is 13.8. The van der Waals surface area contributed by atoms with E-state index in [0.717, 1.165) is 30.5 Å². The van der Waals surface area contributed by atoms with Crippen LogP contribution >= 0.6 is 0 Å². The van der Waals surface area contributed by atoms with Gasteiger partial charge in [-0.1, -0.05) is 6.07 Å². The molecule has 1 fully saturated rings. The van der Waals surface area contributed by atoms with Crippen LogP contribution in [0.15, 0.2) is 18.2 Å². The molecule has 0 spiro atoms. The number of nitrogens with two attached hydrogens (primary N) is 1. The van der Waals surface area contributed by atoms with Crippen LogP contribution in [0.1, 0.15) is 18.4 Å². The average Bonchev–Trinajstić information content (AvgIpc) is 3.24. The van der Waals surface area contributed by atoms with Crippen molar-refractivity contribution in [2.24, 2.45) is 11.7 Å². The van der Waals surface area contributed by atoms with Crippen LogP contribution in [0.2, 0.25) is 0 Å².